The van der Waals surface area contributed by atoms with Crippen molar-refractivity contribution in [1.29, 1.82) is 0 Å². The molecule has 0 saturated heterocycles. The third kappa shape index (κ3) is 8.01. The number of carbonyl (C=O) groups is 3. The number of benzene rings is 2. The van der Waals surface area contributed by atoms with E-state index in [4.69, 9.17) is 28.4 Å². The minimum absolute atomic E-state index is 0.00126. The number of hydrogen-bond acceptors (Lipinski definition) is 12. The summed E-state index contributed by atoms with van der Waals surface area (Å²) in [6.07, 6.45) is 8.92. The topological polar surface area (TPSA) is 167 Å². The van der Waals surface area contributed by atoms with Gasteiger partial charge in [0.15, 0.2) is 28.8 Å². The molecule has 1 aliphatic heterocycles. The molecule has 2 aromatic rings. The van der Waals surface area contributed by atoms with E-state index in [1.54, 1.807) is 6.08 Å². The van der Waals surface area contributed by atoms with Crippen LogP contribution >= 0.6 is 0 Å². The van der Waals surface area contributed by atoms with Crippen molar-refractivity contribution in [3.63, 3.8) is 0 Å². The van der Waals surface area contributed by atoms with Gasteiger partial charge in [0, 0.05) is 49.0 Å². The van der Waals surface area contributed by atoms with Crippen LogP contribution in [0, 0.1) is 28.6 Å². The summed E-state index contributed by atoms with van der Waals surface area (Å²) in [5, 5.41) is 32.8. The first-order valence-electron chi connectivity index (χ1n) is 23.1. The molecule has 1 heterocycles. The Morgan fingerprint density at radius 3 is 2.06 bits per heavy atom. The molecule has 0 spiro atoms. The van der Waals surface area contributed by atoms with E-state index < -0.39 is 22.0 Å². The second kappa shape index (κ2) is 17.0. The Morgan fingerprint density at radius 1 is 0.710 bits per heavy atom. The number of Topliss-reactive ketones (excluding diaryl/α,β-unsaturated/α-hetero) is 2. The molecule has 2 aromatic carbocycles. The standard InChI is InChI=1S/C50H64O12/c1-46-13-10-35(52)25-33(46)5-7-36-44-37(27-43(54)47(44,2)28-38(53)45(36)46)32-4-8-39-41(24-32)61-22-18-57-17-21-60-40-9-6-34(26-42(40)62-23-19-58-16-20-59-39)48-11-3-12-49(55,29-48)31-50(56,30-48)14-15-51/h4,6,8-9,24-26,36-37,44-45,51,55-56H,3,5,7,10-23,27-31H2,1-2H3/t36?,37?,44?,45?,46-,47+,48?,49?,50+/m0/s1. The predicted molar refractivity (Wildman–Crippen MR) is 228 cm³/mol. The molecule has 5 fully saturated rings. The van der Waals surface area contributed by atoms with Crippen LogP contribution in [0.4, 0.5) is 0 Å². The number of aliphatic hydroxyl groups excluding tert-OH is 1. The predicted octanol–water partition coefficient (Wildman–Crippen LogP) is 6.37. The van der Waals surface area contributed by atoms with E-state index in [-0.39, 0.29) is 98.7 Å². The van der Waals surface area contributed by atoms with Crippen molar-refractivity contribution in [3.05, 3.63) is 59.2 Å². The molecule has 6 aliphatic carbocycles. The van der Waals surface area contributed by atoms with Crippen LogP contribution in [0.3, 0.4) is 0 Å². The molecule has 6 unspecified atom stereocenters. The molecule has 0 radical (unpaired) electrons. The maximum absolute atomic E-state index is 14.0. The number of carbonyl (C=O) groups excluding carboxylic acids is 3. The zero-order valence-corrected chi connectivity index (χ0v) is 36.4. The molecular formula is C50H64O12. The Balaban J connectivity index is 0.888. The summed E-state index contributed by atoms with van der Waals surface area (Å²) in [6, 6.07) is 11.8. The normalized spacial score (nSPS) is 37.8. The van der Waals surface area contributed by atoms with Crippen molar-refractivity contribution in [1.82, 2.24) is 0 Å². The summed E-state index contributed by atoms with van der Waals surface area (Å²) in [4.78, 5) is 40.4. The van der Waals surface area contributed by atoms with Crippen LogP contribution in [0.2, 0.25) is 0 Å². The summed E-state index contributed by atoms with van der Waals surface area (Å²) < 4.78 is 37.0. The summed E-state index contributed by atoms with van der Waals surface area (Å²) in [5.41, 5.74) is -0.595. The SMILES string of the molecule is C[C@]12CCC(=O)C=C1CCC1C2C(=O)C[C@]2(C)C(=O)CC(c3ccc4c(c3)OCCOCCOc3ccc(C56CCCC(O)(C5)C[C@@](O)(CCO)C6)cc3OCCOCCO4)C12. The Labute approximate surface area is 364 Å². The van der Waals surface area contributed by atoms with E-state index >= 15 is 0 Å². The summed E-state index contributed by atoms with van der Waals surface area (Å²) >= 11 is 0. The van der Waals surface area contributed by atoms with E-state index in [1.165, 1.54) is 0 Å². The second-order valence-electron chi connectivity index (χ2n) is 20.1. The van der Waals surface area contributed by atoms with Crippen molar-refractivity contribution in [2.24, 2.45) is 28.6 Å². The molecule has 12 heteroatoms. The Hall–Kier alpha value is -3.81. The highest BCUT2D eigenvalue weighted by Crippen LogP contribution is 2.66. The molecular weight excluding hydrogens is 793 g/mol. The van der Waals surface area contributed by atoms with E-state index in [1.807, 2.05) is 43.3 Å². The van der Waals surface area contributed by atoms with Gasteiger partial charge in [0.1, 0.15) is 38.0 Å². The van der Waals surface area contributed by atoms with Gasteiger partial charge in [0.25, 0.3) is 0 Å². The average molecular weight is 857 g/mol. The third-order valence-electron chi connectivity index (χ3n) is 16.1. The zero-order chi connectivity index (χ0) is 43.3. The Kier molecular flexibility index (Phi) is 11.9. The monoisotopic (exact) mass is 856 g/mol. The second-order valence-corrected chi connectivity index (χ2v) is 20.1. The van der Waals surface area contributed by atoms with Crippen molar-refractivity contribution < 1.29 is 58.1 Å². The van der Waals surface area contributed by atoms with Crippen LogP contribution in [0.15, 0.2) is 48.0 Å². The van der Waals surface area contributed by atoms with E-state index in [2.05, 4.69) is 6.92 Å². The Morgan fingerprint density at radius 2 is 1.37 bits per heavy atom. The molecule has 62 heavy (non-hydrogen) atoms. The van der Waals surface area contributed by atoms with Crippen LogP contribution in [0.1, 0.15) is 114 Å². The van der Waals surface area contributed by atoms with Gasteiger partial charge in [-0.05, 0) is 122 Å². The first kappa shape index (κ1) is 43.4. The maximum atomic E-state index is 14.0. The van der Waals surface area contributed by atoms with Crippen LogP contribution in [-0.2, 0) is 29.3 Å². The van der Waals surface area contributed by atoms with Gasteiger partial charge in [0.05, 0.1) is 37.6 Å². The summed E-state index contributed by atoms with van der Waals surface area (Å²) in [6.45, 7) is 6.30. The van der Waals surface area contributed by atoms with Gasteiger partial charge in [-0.3, -0.25) is 14.4 Å². The number of ether oxygens (including phenoxy) is 6. The van der Waals surface area contributed by atoms with E-state index in [0.29, 0.717) is 88.0 Å². The van der Waals surface area contributed by atoms with Gasteiger partial charge in [-0.2, -0.15) is 0 Å². The fourth-order valence-corrected chi connectivity index (χ4v) is 13.6. The molecule has 3 N–H and O–H groups in total. The van der Waals surface area contributed by atoms with Gasteiger partial charge >= 0.3 is 0 Å². The highest BCUT2D eigenvalue weighted by atomic mass is 16.6. The molecule has 5 saturated carbocycles. The molecule has 0 aromatic heterocycles. The zero-order valence-electron chi connectivity index (χ0n) is 36.4. The Bertz CT molecular complexity index is 2080. The fourth-order valence-electron chi connectivity index (χ4n) is 13.6. The number of fused-ring (bicyclic) bond motifs is 9. The molecule has 9 rings (SSSR count). The van der Waals surface area contributed by atoms with Crippen LogP contribution in [-0.4, -0.2) is 103 Å². The third-order valence-corrected chi connectivity index (χ3v) is 16.1. The molecule has 0 amide bonds. The van der Waals surface area contributed by atoms with Crippen LogP contribution in [0.5, 0.6) is 23.0 Å². The van der Waals surface area contributed by atoms with Crippen molar-refractivity contribution in [3.8, 4) is 23.0 Å². The lowest BCUT2D eigenvalue weighted by atomic mass is 9.46. The molecule has 7 aliphatic rings. The number of rotatable bonds is 4. The van der Waals surface area contributed by atoms with Gasteiger partial charge in [-0.25, -0.2) is 0 Å². The van der Waals surface area contributed by atoms with Crippen molar-refractivity contribution >= 4 is 17.3 Å². The van der Waals surface area contributed by atoms with Gasteiger partial charge in [-0.15, -0.1) is 0 Å². The van der Waals surface area contributed by atoms with Crippen molar-refractivity contribution in [2.75, 3.05) is 59.5 Å². The lowest BCUT2D eigenvalue weighted by molar-refractivity contribution is -0.154. The van der Waals surface area contributed by atoms with E-state index in [9.17, 15) is 29.7 Å². The molecule has 9 atom stereocenters. The summed E-state index contributed by atoms with van der Waals surface area (Å²) in [7, 11) is 0. The van der Waals surface area contributed by atoms with Gasteiger partial charge in [-0.1, -0.05) is 31.6 Å². The fraction of sp³-hybridized carbons (Fsp3) is 0.660. The number of aliphatic hydroxyl groups is 3. The highest BCUT2D eigenvalue weighted by molar-refractivity contribution is 5.97. The van der Waals surface area contributed by atoms with E-state index in [0.717, 1.165) is 42.4 Å². The number of hydrogen-bond donors (Lipinski definition) is 3. The lowest BCUT2D eigenvalue weighted by Crippen LogP contribution is -2.57. The molecule has 336 valence electrons. The van der Waals surface area contributed by atoms with Crippen LogP contribution < -0.4 is 18.9 Å². The lowest BCUT2D eigenvalue weighted by Gasteiger charge is -2.56. The van der Waals surface area contributed by atoms with Crippen LogP contribution in [0.25, 0.3) is 0 Å². The highest BCUT2D eigenvalue weighted by Gasteiger charge is 2.65. The van der Waals surface area contributed by atoms with Gasteiger partial charge in [0.2, 0.25) is 0 Å². The minimum Gasteiger partial charge on any atom is -0.487 e. The maximum Gasteiger partial charge on any atom is 0.161 e. The first-order valence-corrected chi connectivity index (χ1v) is 23.1. The quantitative estimate of drug-likeness (QED) is 0.312. The average Bonchev–Trinajstić information content (AvgIpc) is 3.49. The largest absolute Gasteiger partial charge is 0.487 e. The first-order chi connectivity index (χ1) is 29.8. The molecule has 12 nitrogen and oxygen atoms in total. The minimum atomic E-state index is -1.16. The number of allylic oxidation sites excluding steroid dienone is 1. The van der Waals surface area contributed by atoms with Gasteiger partial charge < -0.3 is 43.7 Å². The number of ketones is 3. The summed E-state index contributed by atoms with van der Waals surface area (Å²) in [5.74, 6) is 2.50. The smallest absolute Gasteiger partial charge is 0.161 e. The van der Waals surface area contributed by atoms with Crippen molar-refractivity contribution in [2.45, 2.75) is 120 Å². The molecule has 2 bridgehead atoms.